The Morgan fingerprint density at radius 3 is 2.39 bits per heavy atom. The lowest BCUT2D eigenvalue weighted by atomic mass is 10.0. The molecule has 6 nitrogen and oxygen atoms in total. The van der Waals surface area contributed by atoms with Crippen LogP contribution >= 0.6 is 11.3 Å². The van der Waals surface area contributed by atoms with Crippen LogP contribution in [0.3, 0.4) is 0 Å². The third kappa shape index (κ3) is 5.59. The van der Waals surface area contributed by atoms with Gasteiger partial charge in [-0.15, -0.1) is 11.3 Å². The Kier molecular flexibility index (Phi) is 7.22. The molecule has 28 heavy (non-hydrogen) atoms. The number of esters is 1. The van der Waals surface area contributed by atoms with E-state index < -0.39 is 41.6 Å². The standard InChI is InChI=1S/C19H20F2N2O4S/c1-10(2)16(23-18(25)15-5-4-8-28-15)19(26)27-11(3)17(24)22-14-7-6-12(20)9-13(14)21/h4-11,16H,1-3H3,(H,22,24)(H,23,25)/t11-,16-/m0/s1. The number of rotatable bonds is 7. The average Bonchev–Trinajstić information content (AvgIpc) is 3.16. The molecule has 9 heteroatoms. The van der Waals surface area contributed by atoms with Crippen molar-refractivity contribution in [2.24, 2.45) is 5.92 Å². The van der Waals surface area contributed by atoms with Crippen LogP contribution in [0, 0.1) is 17.6 Å². The molecule has 0 saturated heterocycles. The SMILES string of the molecule is CC(C)[C@H](NC(=O)c1cccs1)C(=O)O[C@@H](C)C(=O)Nc1ccc(F)cc1F. The van der Waals surface area contributed by atoms with Crippen molar-refractivity contribution >= 4 is 34.8 Å². The van der Waals surface area contributed by atoms with Gasteiger partial charge in [0.15, 0.2) is 6.10 Å². The first-order valence-electron chi connectivity index (χ1n) is 8.49. The summed E-state index contributed by atoms with van der Waals surface area (Å²) >= 11 is 1.23. The van der Waals surface area contributed by atoms with E-state index >= 15 is 0 Å². The van der Waals surface area contributed by atoms with Crippen LogP contribution in [0.5, 0.6) is 0 Å². The Hall–Kier alpha value is -2.81. The monoisotopic (exact) mass is 410 g/mol. The fourth-order valence-corrected chi connectivity index (χ4v) is 2.87. The maximum atomic E-state index is 13.6. The minimum atomic E-state index is -1.25. The van der Waals surface area contributed by atoms with Crippen molar-refractivity contribution in [1.29, 1.82) is 0 Å². The summed E-state index contributed by atoms with van der Waals surface area (Å²) < 4.78 is 31.7. The van der Waals surface area contributed by atoms with E-state index in [-0.39, 0.29) is 11.6 Å². The van der Waals surface area contributed by atoms with Gasteiger partial charge in [0, 0.05) is 6.07 Å². The Bertz CT molecular complexity index is 856. The van der Waals surface area contributed by atoms with Gasteiger partial charge >= 0.3 is 5.97 Å². The third-order valence-electron chi connectivity index (χ3n) is 3.80. The zero-order chi connectivity index (χ0) is 20.8. The smallest absolute Gasteiger partial charge is 0.329 e. The molecule has 0 saturated carbocycles. The molecule has 150 valence electrons. The van der Waals surface area contributed by atoms with Gasteiger partial charge in [-0.1, -0.05) is 19.9 Å². The number of carbonyl (C=O) groups excluding carboxylic acids is 3. The first kappa shape index (κ1) is 21.5. The fourth-order valence-electron chi connectivity index (χ4n) is 2.24. The first-order valence-corrected chi connectivity index (χ1v) is 9.37. The van der Waals surface area contributed by atoms with Gasteiger partial charge in [0.05, 0.1) is 10.6 Å². The van der Waals surface area contributed by atoms with Crippen LogP contribution in [0.25, 0.3) is 0 Å². The molecule has 1 heterocycles. The topological polar surface area (TPSA) is 84.5 Å². The van der Waals surface area contributed by atoms with E-state index in [1.165, 1.54) is 18.3 Å². The zero-order valence-corrected chi connectivity index (χ0v) is 16.3. The summed E-state index contributed by atoms with van der Waals surface area (Å²) in [6.07, 6.45) is -1.25. The second-order valence-corrected chi connectivity index (χ2v) is 7.31. The Labute approximate surface area is 164 Å². The van der Waals surface area contributed by atoms with Crippen LogP contribution in [0.2, 0.25) is 0 Å². The van der Waals surface area contributed by atoms with Crippen molar-refractivity contribution in [3.8, 4) is 0 Å². The minimum Gasteiger partial charge on any atom is -0.451 e. The van der Waals surface area contributed by atoms with E-state index in [0.29, 0.717) is 10.9 Å². The van der Waals surface area contributed by atoms with Crippen LogP contribution in [-0.4, -0.2) is 29.9 Å². The van der Waals surface area contributed by atoms with Gasteiger partial charge in [0.2, 0.25) is 0 Å². The number of thiophene rings is 1. The van der Waals surface area contributed by atoms with Crippen LogP contribution in [-0.2, 0) is 14.3 Å². The molecule has 0 bridgehead atoms. The first-order chi connectivity index (χ1) is 13.2. The van der Waals surface area contributed by atoms with Crippen LogP contribution in [0.15, 0.2) is 35.7 Å². The number of anilines is 1. The lowest BCUT2D eigenvalue weighted by Crippen LogP contribution is -2.47. The average molecular weight is 410 g/mol. The van der Waals surface area contributed by atoms with E-state index in [1.54, 1.807) is 31.4 Å². The highest BCUT2D eigenvalue weighted by molar-refractivity contribution is 7.12. The molecule has 2 rings (SSSR count). The number of amides is 2. The van der Waals surface area contributed by atoms with Gasteiger partial charge in [-0.25, -0.2) is 13.6 Å². The summed E-state index contributed by atoms with van der Waals surface area (Å²) in [5, 5.41) is 6.56. The Morgan fingerprint density at radius 2 is 1.82 bits per heavy atom. The summed E-state index contributed by atoms with van der Waals surface area (Å²) in [5.41, 5.74) is -0.235. The highest BCUT2D eigenvalue weighted by Gasteiger charge is 2.29. The Morgan fingerprint density at radius 1 is 1.11 bits per heavy atom. The van der Waals surface area contributed by atoms with E-state index in [4.69, 9.17) is 4.74 Å². The van der Waals surface area contributed by atoms with E-state index in [9.17, 15) is 23.2 Å². The number of halogens is 2. The molecule has 2 atom stereocenters. The van der Waals surface area contributed by atoms with Gasteiger partial charge in [-0.3, -0.25) is 9.59 Å². The molecular weight excluding hydrogens is 390 g/mol. The largest absolute Gasteiger partial charge is 0.451 e. The van der Waals surface area contributed by atoms with Gasteiger partial charge in [-0.2, -0.15) is 0 Å². The number of ether oxygens (including phenoxy) is 1. The maximum absolute atomic E-state index is 13.6. The van der Waals surface area contributed by atoms with Crippen molar-refractivity contribution < 1.29 is 27.9 Å². The third-order valence-corrected chi connectivity index (χ3v) is 4.67. The van der Waals surface area contributed by atoms with Crippen LogP contribution in [0.1, 0.15) is 30.4 Å². The predicted octanol–water partition coefficient (Wildman–Crippen LogP) is 3.35. The van der Waals surface area contributed by atoms with E-state index in [0.717, 1.165) is 12.1 Å². The van der Waals surface area contributed by atoms with Crippen molar-refractivity contribution in [2.75, 3.05) is 5.32 Å². The molecule has 0 fully saturated rings. The van der Waals surface area contributed by atoms with Crippen molar-refractivity contribution in [3.05, 3.63) is 52.2 Å². The minimum absolute atomic E-state index is 0.235. The Balaban J connectivity index is 1.99. The van der Waals surface area contributed by atoms with Crippen molar-refractivity contribution in [1.82, 2.24) is 5.32 Å². The van der Waals surface area contributed by atoms with Crippen molar-refractivity contribution in [2.45, 2.75) is 32.9 Å². The molecular formula is C19H20F2N2O4S. The van der Waals surface area contributed by atoms with E-state index in [1.807, 2.05) is 0 Å². The molecule has 0 radical (unpaired) electrons. The highest BCUT2D eigenvalue weighted by atomic mass is 32.1. The fraction of sp³-hybridized carbons (Fsp3) is 0.316. The molecule has 1 aromatic heterocycles. The molecule has 0 aliphatic rings. The van der Waals surface area contributed by atoms with Gasteiger partial charge in [-0.05, 0) is 36.4 Å². The summed E-state index contributed by atoms with van der Waals surface area (Å²) in [7, 11) is 0. The summed E-state index contributed by atoms with van der Waals surface area (Å²) in [5.74, 6) is -4.02. The van der Waals surface area contributed by atoms with Gasteiger partial charge in [0.25, 0.3) is 11.8 Å². The number of benzene rings is 1. The van der Waals surface area contributed by atoms with Crippen LogP contribution in [0.4, 0.5) is 14.5 Å². The molecule has 2 aromatic rings. The van der Waals surface area contributed by atoms with Crippen molar-refractivity contribution in [3.63, 3.8) is 0 Å². The second kappa shape index (κ2) is 9.41. The second-order valence-electron chi connectivity index (χ2n) is 6.36. The molecule has 0 unspecified atom stereocenters. The summed E-state index contributed by atoms with van der Waals surface area (Å²) in [6.45, 7) is 4.76. The quantitative estimate of drug-likeness (QED) is 0.686. The zero-order valence-electron chi connectivity index (χ0n) is 15.5. The van der Waals surface area contributed by atoms with E-state index in [2.05, 4.69) is 10.6 Å². The van der Waals surface area contributed by atoms with Gasteiger partial charge in [0.1, 0.15) is 17.7 Å². The normalized spacial score (nSPS) is 12.9. The number of hydrogen-bond acceptors (Lipinski definition) is 5. The number of carbonyl (C=O) groups is 3. The number of hydrogen-bond donors (Lipinski definition) is 2. The predicted molar refractivity (Wildman–Crippen MR) is 101 cm³/mol. The molecule has 0 aliphatic heterocycles. The number of nitrogens with one attached hydrogen (secondary N) is 2. The highest BCUT2D eigenvalue weighted by Crippen LogP contribution is 2.16. The van der Waals surface area contributed by atoms with Crippen LogP contribution < -0.4 is 10.6 Å². The summed E-state index contributed by atoms with van der Waals surface area (Å²) in [4.78, 5) is 37.2. The lowest BCUT2D eigenvalue weighted by molar-refractivity contribution is -0.156. The molecule has 2 amide bonds. The molecule has 2 N–H and O–H groups in total. The molecule has 0 aliphatic carbocycles. The maximum Gasteiger partial charge on any atom is 0.329 e. The lowest BCUT2D eigenvalue weighted by Gasteiger charge is -2.22. The summed E-state index contributed by atoms with van der Waals surface area (Å²) in [6, 6.07) is 5.05. The molecule has 1 aromatic carbocycles. The van der Waals surface area contributed by atoms with Gasteiger partial charge < -0.3 is 15.4 Å². The molecule has 0 spiro atoms.